The normalized spacial score (nSPS) is 10.7. The lowest BCUT2D eigenvalue weighted by atomic mass is 10.0. The second-order valence-electron chi connectivity index (χ2n) is 5.43. The third-order valence-corrected chi connectivity index (χ3v) is 4.11. The van der Waals surface area contributed by atoms with Gasteiger partial charge in [-0.1, -0.05) is 6.07 Å². The molecule has 0 bridgehead atoms. The van der Waals surface area contributed by atoms with Gasteiger partial charge in [0, 0.05) is 23.2 Å². The second kappa shape index (κ2) is 6.74. The lowest BCUT2D eigenvalue weighted by Gasteiger charge is -2.10. The Labute approximate surface area is 141 Å². The molecule has 0 amide bonds. The number of hydrogen-bond acceptors (Lipinski definition) is 4. The van der Waals surface area contributed by atoms with Crippen molar-refractivity contribution in [3.8, 4) is 23.0 Å². The van der Waals surface area contributed by atoms with Crippen molar-refractivity contribution in [2.24, 2.45) is 0 Å². The predicted molar refractivity (Wildman–Crippen MR) is 93.8 cm³/mol. The van der Waals surface area contributed by atoms with Crippen LogP contribution in [0.1, 0.15) is 11.1 Å². The monoisotopic (exact) mass is 327 g/mol. The molecule has 3 rings (SSSR count). The first-order valence-corrected chi connectivity index (χ1v) is 7.63. The number of H-pyrrole nitrogens is 1. The molecule has 0 unspecified atom stereocenters. The van der Waals surface area contributed by atoms with Crippen LogP contribution < -0.4 is 18.9 Å². The van der Waals surface area contributed by atoms with E-state index in [4.69, 9.17) is 18.9 Å². The maximum absolute atomic E-state index is 5.41. The molecule has 0 radical (unpaired) electrons. The summed E-state index contributed by atoms with van der Waals surface area (Å²) in [6, 6.07) is 9.92. The average molecular weight is 327 g/mol. The molecule has 1 aromatic heterocycles. The number of nitrogens with one attached hydrogen (secondary N) is 1. The van der Waals surface area contributed by atoms with Gasteiger partial charge in [0.1, 0.15) is 0 Å². The predicted octanol–water partition coefficient (Wildman–Crippen LogP) is 3.79. The summed E-state index contributed by atoms with van der Waals surface area (Å²) < 4.78 is 21.4. The van der Waals surface area contributed by atoms with Gasteiger partial charge >= 0.3 is 0 Å². The molecule has 0 saturated carbocycles. The van der Waals surface area contributed by atoms with Gasteiger partial charge < -0.3 is 23.9 Å². The Morgan fingerprint density at radius 1 is 0.750 bits per heavy atom. The van der Waals surface area contributed by atoms with Gasteiger partial charge in [0.25, 0.3) is 0 Å². The van der Waals surface area contributed by atoms with E-state index in [9.17, 15) is 0 Å². The molecule has 0 aliphatic heterocycles. The average Bonchev–Trinajstić information content (AvgIpc) is 3.02. The lowest BCUT2D eigenvalue weighted by molar-refractivity contribution is 0.354. The van der Waals surface area contributed by atoms with Crippen LogP contribution >= 0.6 is 0 Å². The molecular formula is C19H21NO4. The molecule has 0 fully saturated rings. The van der Waals surface area contributed by atoms with E-state index in [2.05, 4.69) is 4.98 Å². The van der Waals surface area contributed by atoms with E-state index in [-0.39, 0.29) is 0 Å². The summed E-state index contributed by atoms with van der Waals surface area (Å²) in [6.07, 6.45) is 2.79. The van der Waals surface area contributed by atoms with Gasteiger partial charge in [0.05, 0.1) is 28.4 Å². The number of aromatic amines is 1. The fraction of sp³-hybridized carbons (Fsp3) is 0.263. The number of ether oxygens (including phenoxy) is 4. The van der Waals surface area contributed by atoms with Crippen molar-refractivity contribution in [2.45, 2.75) is 6.42 Å². The molecule has 2 aromatic carbocycles. The minimum atomic E-state index is 0.713. The zero-order chi connectivity index (χ0) is 17.1. The molecule has 5 heteroatoms. The summed E-state index contributed by atoms with van der Waals surface area (Å²) in [6.45, 7) is 0. The van der Waals surface area contributed by atoms with Crippen molar-refractivity contribution in [2.75, 3.05) is 28.4 Å². The Morgan fingerprint density at radius 3 is 2.04 bits per heavy atom. The highest BCUT2D eigenvalue weighted by atomic mass is 16.5. The molecule has 24 heavy (non-hydrogen) atoms. The van der Waals surface area contributed by atoms with Gasteiger partial charge in [-0.3, -0.25) is 0 Å². The van der Waals surface area contributed by atoms with Gasteiger partial charge in [-0.25, -0.2) is 0 Å². The van der Waals surface area contributed by atoms with Crippen LogP contribution in [0.15, 0.2) is 36.5 Å². The summed E-state index contributed by atoms with van der Waals surface area (Å²) in [7, 11) is 6.56. The Hall–Kier alpha value is -2.82. The first-order valence-electron chi connectivity index (χ1n) is 7.63. The fourth-order valence-corrected chi connectivity index (χ4v) is 2.86. The van der Waals surface area contributed by atoms with Crippen LogP contribution in [0.2, 0.25) is 0 Å². The van der Waals surface area contributed by atoms with Crippen molar-refractivity contribution < 1.29 is 18.9 Å². The van der Waals surface area contributed by atoms with Crippen LogP contribution in [0.4, 0.5) is 0 Å². The highest BCUT2D eigenvalue weighted by Crippen LogP contribution is 2.35. The van der Waals surface area contributed by atoms with Crippen LogP contribution in [-0.2, 0) is 6.42 Å². The minimum Gasteiger partial charge on any atom is -0.493 e. The number of hydrogen-bond donors (Lipinski definition) is 1. The molecule has 1 N–H and O–H groups in total. The standard InChI is InChI=1S/C19H21NO4/c1-21-16-6-5-12(8-17(16)22-2)7-13-11-20-15-10-19(24-4)18(23-3)9-14(13)15/h5-6,8-11,20H,7H2,1-4H3. The quantitative estimate of drug-likeness (QED) is 0.748. The van der Waals surface area contributed by atoms with Gasteiger partial charge in [0.15, 0.2) is 23.0 Å². The zero-order valence-corrected chi connectivity index (χ0v) is 14.3. The van der Waals surface area contributed by atoms with Crippen LogP contribution in [-0.4, -0.2) is 33.4 Å². The smallest absolute Gasteiger partial charge is 0.162 e. The van der Waals surface area contributed by atoms with Crippen molar-refractivity contribution >= 4 is 10.9 Å². The zero-order valence-electron chi connectivity index (χ0n) is 14.3. The molecule has 0 spiro atoms. The Morgan fingerprint density at radius 2 is 1.38 bits per heavy atom. The molecule has 0 saturated heterocycles. The molecule has 0 aliphatic rings. The molecule has 0 aliphatic carbocycles. The van der Waals surface area contributed by atoms with E-state index in [1.54, 1.807) is 28.4 Å². The Kier molecular flexibility index (Phi) is 4.51. The van der Waals surface area contributed by atoms with E-state index < -0.39 is 0 Å². The van der Waals surface area contributed by atoms with Gasteiger partial charge in [-0.05, 0) is 35.7 Å². The van der Waals surface area contributed by atoms with Crippen LogP contribution in [0.5, 0.6) is 23.0 Å². The third-order valence-electron chi connectivity index (χ3n) is 4.11. The first-order chi connectivity index (χ1) is 11.7. The highest BCUT2D eigenvalue weighted by molar-refractivity contribution is 5.87. The van der Waals surface area contributed by atoms with Crippen molar-refractivity contribution in [1.82, 2.24) is 4.98 Å². The number of fused-ring (bicyclic) bond motifs is 1. The van der Waals surface area contributed by atoms with Crippen molar-refractivity contribution in [3.05, 3.63) is 47.7 Å². The van der Waals surface area contributed by atoms with E-state index in [1.165, 1.54) is 5.56 Å². The third kappa shape index (κ3) is 2.85. The van der Waals surface area contributed by atoms with E-state index in [1.807, 2.05) is 36.5 Å². The molecule has 126 valence electrons. The van der Waals surface area contributed by atoms with Crippen LogP contribution in [0.3, 0.4) is 0 Å². The Bertz CT molecular complexity index is 854. The number of benzene rings is 2. The summed E-state index contributed by atoms with van der Waals surface area (Å²) in [5.74, 6) is 2.89. The largest absolute Gasteiger partial charge is 0.493 e. The molecule has 0 atom stereocenters. The number of methoxy groups -OCH3 is 4. The van der Waals surface area contributed by atoms with Crippen LogP contribution in [0, 0.1) is 0 Å². The SMILES string of the molecule is COc1ccc(Cc2c[nH]c3cc(OC)c(OC)cc23)cc1OC. The fourth-order valence-electron chi connectivity index (χ4n) is 2.86. The summed E-state index contributed by atoms with van der Waals surface area (Å²) in [4.78, 5) is 3.29. The van der Waals surface area contributed by atoms with E-state index in [0.717, 1.165) is 40.1 Å². The first kappa shape index (κ1) is 16.1. The minimum absolute atomic E-state index is 0.713. The second-order valence-corrected chi connectivity index (χ2v) is 5.43. The maximum atomic E-state index is 5.41. The van der Waals surface area contributed by atoms with Gasteiger partial charge in [-0.15, -0.1) is 0 Å². The van der Waals surface area contributed by atoms with Crippen molar-refractivity contribution in [3.63, 3.8) is 0 Å². The number of rotatable bonds is 6. The highest BCUT2D eigenvalue weighted by Gasteiger charge is 2.12. The molecular weight excluding hydrogens is 306 g/mol. The van der Waals surface area contributed by atoms with E-state index in [0.29, 0.717) is 5.75 Å². The Balaban J connectivity index is 1.98. The number of aromatic nitrogens is 1. The van der Waals surface area contributed by atoms with Gasteiger partial charge in [0.2, 0.25) is 0 Å². The molecule has 1 heterocycles. The van der Waals surface area contributed by atoms with Gasteiger partial charge in [-0.2, -0.15) is 0 Å². The van der Waals surface area contributed by atoms with Crippen LogP contribution in [0.25, 0.3) is 10.9 Å². The summed E-state index contributed by atoms with van der Waals surface area (Å²) in [5, 5.41) is 1.11. The summed E-state index contributed by atoms with van der Waals surface area (Å²) in [5.41, 5.74) is 3.34. The summed E-state index contributed by atoms with van der Waals surface area (Å²) >= 11 is 0. The lowest BCUT2D eigenvalue weighted by Crippen LogP contribution is -1.94. The molecule has 5 nitrogen and oxygen atoms in total. The molecule has 3 aromatic rings. The topological polar surface area (TPSA) is 52.7 Å². The van der Waals surface area contributed by atoms with Crippen molar-refractivity contribution in [1.29, 1.82) is 0 Å². The van der Waals surface area contributed by atoms with E-state index >= 15 is 0 Å². The maximum Gasteiger partial charge on any atom is 0.162 e.